The standard InChI is InChI=1S/C13H17N5O4S/c1-17-10-11(9-15-17)8-14-5-6-16-23(21,22)13-4-2-3-12(7-13)18(19)20/h2-4,7,9-10,14,16H,5-6,8H2,1H3. The molecule has 0 unspecified atom stereocenters. The second kappa shape index (κ2) is 7.31. The summed E-state index contributed by atoms with van der Waals surface area (Å²) in [4.78, 5) is 9.93. The third-order valence-electron chi connectivity index (χ3n) is 3.02. The van der Waals surface area contributed by atoms with Gasteiger partial charge in [0.15, 0.2) is 0 Å². The van der Waals surface area contributed by atoms with Gasteiger partial charge in [0.1, 0.15) is 0 Å². The smallest absolute Gasteiger partial charge is 0.270 e. The van der Waals surface area contributed by atoms with E-state index in [1.54, 1.807) is 10.9 Å². The van der Waals surface area contributed by atoms with Crippen molar-refractivity contribution in [1.82, 2.24) is 19.8 Å². The molecule has 23 heavy (non-hydrogen) atoms. The van der Waals surface area contributed by atoms with Gasteiger partial charge in [-0.15, -0.1) is 0 Å². The molecule has 0 aliphatic carbocycles. The molecule has 124 valence electrons. The van der Waals surface area contributed by atoms with Crippen molar-refractivity contribution in [1.29, 1.82) is 0 Å². The van der Waals surface area contributed by atoms with Gasteiger partial charge in [-0.3, -0.25) is 14.8 Å². The van der Waals surface area contributed by atoms with Crippen molar-refractivity contribution in [2.45, 2.75) is 11.4 Å². The number of aromatic nitrogens is 2. The highest BCUT2D eigenvalue weighted by atomic mass is 32.2. The second-order valence-electron chi connectivity index (χ2n) is 4.85. The third kappa shape index (κ3) is 4.84. The molecule has 9 nitrogen and oxygen atoms in total. The molecule has 0 atom stereocenters. The van der Waals surface area contributed by atoms with Crippen molar-refractivity contribution < 1.29 is 13.3 Å². The number of nitrogens with zero attached hydrogens (tertiary/aromatic N) is 3. The quantitative estimate of drug-likeness (QED) is 0.408. The van der Waals surface area contributed by atoms with Crippen LogP contribution < -0.4 is 10.0 Å². The van der Waals surface area contributed by atoms with E-state index in [0.717, 1.165) is 11.6 Å². The second-order valence-corrected chi connectivity index (χ2v) is 6.62. The number of sulfonamides is 1. The lowest BCUT2D eigenvalue weighted by Crippen LogP contribution is -2.31. The number of hydrogen-bond acceptors (Lipinski definition) is 6. The molecule has 2 N–H and O–H groups in total. The van der Waals surface area contributed by atoms with Gasteiger partial charge in [-0.1, -0.05) is 6.07 Å². The van der Waals surface area contributed by atoms with Gasteiger partial charge in [-0.05, 0) is 6.07 Å². The van der Waals surface area contributed by atoms with Crippen molar-refractivity contribution >= 4 is 15.7 Å². The van der Waals surface area contributed by atoms with Crippen LogP contribution in [0.1, 0.15) is 5.56 Å². The average Bonchev–Trinajstić information content (AvgIpc) is 2.92. The first-order valence-electron chi connectivity index (χ1n) is 6.81. The molecule has 0 spiro atoms. The Kier molecular flexibility index (Phi) is 5.42. The molecule has 2 aromatic rings. The van der Waals surface area contributed by atoms with Gasteiger partial charge in [0.2, 0.25) is 10.0 Å². The molecule has 0 bridgehead atoms. The molecule has 0 amide bonds. The van der Waals surface area contributed by atoms with E-state index in [-0.39, 0.29) is 17.1 Å². The van der Waals surface area contributed by atoms with Gasteiger partial charge in [0, 0.05) is 50.6 Å². The first-order chi connectivity index (χ1) is 10.9. The number of hydrogen-bond donors (Lipinski definition) is 2. The molecule has 1 heterocycles. The van der Waals surface area contributed by atoms with Crippen LogP contribution in [0.3, 0.4) is 0 Å². The predicted octanol–water partition coefficient (Wildman–Crippen LogP) is 0.396. The van der Waals surface area contributed by atoms with E-state index >= 15 is 0 Å². The van der Waals surface area contributed by atoms with Crippen molar-refractivity contribution in [3.63, 3.8) is 0 Å². The number of nitrogens with one attached hydrogen (secondary N) is 2. The van der Waals surface area contributed by atoms with Gasteiger partial charge in [0.25, 0.3) is 5.69 Å². The van der Waals surface area contributed by atoms with Gasteiger partial charge >= 0.3 is 0 Å². The zero-order chi connectivity index (χ0) is 16.9. The van der Waals surface area contributed by atoms with Crippen LogP contribution >= 0.6 is 0 Å². The summed E-state index contributed by atoms with van der Waals surface area (Å²) in [5.41, 5.74) is 0.733. The molecular formula is C13H17N5O4S. The Morgan fingerprint density at radius 1 is 1.35 bits per heavy atom. The summed E-state index contributed by atoms with van der Waals surface area (Å²) in [6.45, 7) is 1.17. The Labute approximate surface area is 133 Å². The fourth-order valence-corrected chi connectivity index (χ4v) is 2.99. The van der Waals surface area contributed by atoms with Crippen molar-refractivity contribution in [2.75, 3.05) is 13.1 Å². The molecule has 1 aromatic heterocycles. The lowest BCUT2D eigenvalue weighted by atomic mass is 10.3. The highest BCUT2D eigenvalue weighted by Gasteiger charge is 2.16. The maximum absolute atomic E-state index is 12.1. The molecule has 2 rings (SSSR count). The largest absolute Gasteiger partial charge is 0.311 e. The summed E-state index contributed by atoms with van der Waals surface area (Å²) >= 11 is 0. The highest BCUT2D eigenvalue weighted by molar-refractivity contribution is 7.89. The Hall–Kier alpha value is -2.30. The summed E-state index contributed by atoms with van der Waals surface area (Å²) in [7, 11) is -1.95. The number of rotatable bonds is 8. The topological polar surface area (TPSA) is 119 Å². The SMILES string of the molecule is Cn1cc(CNCCNS(=O)(=O)c2cccc([N+](=O)[O-])c2)cn1. The van der Waals surface area contributed by atoms with Crippen molar-refractivity contribution in [3.05, 3.63) is 52.3 Å². The number of aryl methyl sites for hydroxylation is 1. The Morgan fingerprint density at radius 3 is 2.78 bits per heavy atom. The van der Waals surface area contributed by atoms with Gasteiger partial charge in [0.05, 0.1) is 16.0 Å². The summed E-state index contributed by atoms with van der Waals surface area (Å²) < 4.78 is 28.2. The normalized spacial score (nSPS) is 11.5. The molecule has 0 aliphatic heterocycles. The molecule has 0 aliphatic rings. The molecule has 0 radical (unpaired) electrons. The lowest BCUT2D eigenvalue weighted by Gasteiger charge is -2.07. The minimum Gasteiger partial charge on any atom is -0.311 e. The van der Waals surface area contributed by atoms with Crippen molar-refractivity contribution in [3.8, 4) is 0 Å². The monoisotopic (exact) mass is 339 g/mol. The van der Waals surface area contributed by atoms with Crippen LogP contribution in [-0.4, -0.2) is 36.2 Å². The Bertz CT molecular complexity index is 787. The number of nitro groups is 1. The van der Waals surface area contributed by atoms with Crippen LogP contribution in [-0.2, 0) is 23.6 Å². The first-order valence-corrected chi connectivity index (χ1v) is 8.29. The van der Waals surface area contributed by atoms with Gasteiger partial charge in [-0.25, -0.2) is 13.1 Å². The van der Waals surface area contributed by atoms with Gasteiger partial charge < -0.3 is 5.32 Å². The summed E-state index contributed by atoms with van der Waals surface area (Å²) in [5, 5.41) is 17.8. The molecule has 10 heteroatoms. The molecule has 0 fully saturated rings. The van der Waals surface area contributed by atoms with Crippen LogP contribution in [0.2, 0.25) is 0 Å². The van der Waals surface area contributed by atoms with E-state index in [0.29, 0.717) is 13.1 Å². The maximum atomic E-state index is 12.1. The summed E-state index contributed by atoms with van der Waals surface area (Å²) in [6, 6.07) is 4.94. The zero-order valence-corrected chi connectivity index (χ0v) is 13.3. The Balaban J connectivity index is 1.84. The number of nitro benzene ring substituents is 1. The first kappa shape index (κ1) is 17.1. The predicted molar refractivity (Wildman–Crippen MR) is 83.2 cm³/mol. The number of non-ortho nitro benzene ring substituents is 1. The van der Waals surface area contributed by atoms with Crippen molar-refractivity contribution in [2.24, 2.45) is 7.05 Å². The summed E-state index contributed by atoms with van der Waals surface area (Å²) in [6.07, 6.45) is 3.58. The minimum atomic E-state index is -3.77. The Morgan fingerprint density at radius 2 is 2.13 bits per heavy atom. The molecule has 1 aromatic carbocycles. The van der Waals surface area contributed by atoms with Crippen LogP contribution in [0.15, 0.2) is 41.6 Å². The van der Waals surface area contributed by atoms with E-state index in [1.807, 2.05) is 13.2 Å². The lowest BCUT2D eigenvalue weighted by molar-refractivity contribution is -0.385. The summed E-state index contributed by atoms with van der Waals surface area (Å²) in [5.74, 6) is 0. The average molecular weight is 339 g/mol. The number of benzene rings is 1. The van der Waals surface area contributed by atoms with E-state index in [9.17, 15) is 18.5 Å². The fourth-order valence-electron chi connectivity index (χ4n) is 1.92. The van der Waals surface area contributed by atoms with Crippen LogP contribution in [0.5, 0.6) is 0 Å². The molecular weight excluding hydrogens is 322 g/mol. The van der Waals surface area contributed by atoms with E-state index < -0.39 is 14.9 Å². The van der Waals surface area contributed by atoms with Crippen LogP contribution in [0.4, 0.5) is 5.69 Å². The third-order valence-corrected chi connectivity index (χ3v) is 4.48. The van der Waals surface area contributed by atoms with E-state index in [1.165, 1.54) is 18.2 Å². The van der Waals surface area contributed by atoms with E-state index in [4.69, 9.17) is 0 Å². The minimum absolute atomic E-state index is 0.126. The van der Waals surface area contributed by atoms with Crippen LogP contribution in [0.25, 0.3) is 0 Å². The maximum Gasteiger partial charge on any atom is 0.270 e. The fraction of sp³-hybridized carbons (Fsp3) is 0.308. The van der Waals surface area contributed by atoms with Gasteiger partial charge in [-0.2, -0.15) is 5.10 Å². The van der Waals surface area contributed by atoms with Crippen LogP contribution in [0, 0.1) is 10.1 Å². The highest BCUT2D eigenvalue weighted by Crippen LogP contribution is 2.16. The van der Waals surface area contributed by atoms with E-state index in [2.05, 4.69) is 15.1 Å². The molecule has 0 saturated heterocycles. The molecule has 0 saturated carbocycles. The zero-order valence-electron chi connectivity index (χ0n) is 12.5.